The summed E-state index contributed by atoms with van der Waals surface area (Å²) in [4.78, 5) is 6.80. The molecule has 2 aliphatic rings. The lowest BCUT2D eigenvalue weighted by Crippen LogP contribution is -2.48. The van der Waals surface area contributed by atoms with Crippen LogP contribution >= 0.6 is 0 Å². The van der Waals surface area contributed by atoms with Crippen molar-refractivity contribution < 1.29 is 4.74 Å². The second kappa shape index (κ2) is 6.79. The van der Waals surface area contributed by atoms with Gasteiger partial charge in [0.1, 0.15) is 0 Å². The summed E-state index contributed by atoms with van der Waals surface area (Å²) in [7, 11) is 1.89. The van der Waals surface area contributed by atoms with Crippen LogP contribution in [0.2, 0.25) is 0 Å². The molecule has 0 spiro atoms. The van der Waals surface area contributed by atoms with Crippen LogP contribution in [0.25, 0.3) is 0 Å². The largest absolute Gasteiger partial charge is 0.377 e. The average Bonchev–Trinajstić information content (AvgIpc) is 2.93. The van der Waals surface area contributed by atoms with Gasteiger partial charge in [0.25, 0.3) is 0 Å². The van der Waals surface area contributed by atoms with Gasteiger partial charge in [-0.25, -0.2) is 0 Å². The van der Waals surface area contributed by atoms with Crippen molar-refractivity contribution in [3.63, 3.8) is 0 Å². The summed E-state index contributed by atoms with van der Waals surface area (Å²) in [5, 5.41) is 3.58. The Morgan fingerprint density at radius 1 is 1.25 bits per heavy atom. The number of ether oxygens (including phenoxy) is 1. The van der Waals surface area contributed by atoms with Crippen molar-refractivity contribution in [3.8, 4) is 0 Å². The molecule has 1 N–H and O–H groups in total. The van der Waals surface area contributed by atoms with Gasteiger partial charge in [0, 0.05) is 39.2 Å². The Morgan fingerprint density at radius 3 is 2.55 bits per heavy atom. The van der Waals surface area contributed by atoms with Gasteiger partial charge in [-0.2, -0.15) is 0 Å². The molecule has 0 bridgehead atoms. The highest BCUT2D eigenvalue weighted by atomic mass is 16.5. The molecule has 0 aliphatic carbocycles. The highest BCUT2D eigenvalue weighted by Crippen LogP contribution is 2.33. The maximum absolute atomic E-state index is 6.05. The molecule has 2 atom stereocenters. The minimum Gasteiger partial charge on any atom is -0.377 e. The van der Waals surface area contributed by atoms with E-state index in [-0.39, 0.29) is 5.41 Å². The molecule has 2 heterocycles. The van der Waals surface area contributed by atoms with Crippen LogP contribution in [0.15, 0.2) is 4.99 Å². The molecule has 0 amide bonds. The molecular formula is C16H31N3O. The number of aliphatic imine (C=N–C) groups is 1. The Balaban J connectivity index is 1.90. The van der Waals surface area contributed by atoms with Crippen LogP contribution in [0.3, 0.4) is 0 Å². The predicted octanol–water partition coefficient (Wildman–Crippen LogP) is 2.50. The Labute approximate surface area is 124 Å². The lowest BCUT2D eigenvalue weighted by Gasteiger charge is -2.40. The first-order valence-electron chi connectivity index (χ1n) is 8.09. The highest BCUT2D eigenvalue weighted by molar-refractivity contribution is 5.80. The highest BCUT2D eigenvalue weighted by Gasteiger charge is 2.35. The first-order valence-corrected chi connectivity index (χ1v) is 8.09. The molecule has 0 aromatic heterocycles. The van der Waals surface area contributed by atoms with Gasteiger partial charge >= 0.3 is 0 Å². The molecular weight excluding hydrogens is 250 g/mol. The van der Waals surface area contributed by atoms with Crippen LogP contribution in [0, 0.1) is 11.3 Å². The normalized spacial score (nSPS) is 28.8. The lowest BCUT2D eigenvalue weighted by molar-refractivity contribution is -0.0836. The Morgan fingerprint density at radius 2 is 1.95 bits per heavy atom. The number of guanidine groups is 1. The molecule has 20 heavy (non-hydrogen) atoms. The number of hydrogen-bond donors (Lipinski definition) is 1. The van der Waals surface area contributed by atoms with Gasteiger partial charge < -0.3 is 15.0 Å². The van der Waals surface area contributed by atoms with Gasteiger partial charge in [-0.3, -0.25) is 4.99 Å². The van der Waals surface area contributed by atoms with Crippen molar-refractivity contribution in [1.29, 1.82) is 0 Å². The van der Waals surface area contributed by atoms with Crippen molar-refractivity contribution in [1.82, 2.24) is 10.2 Å². The fourth-order valence-corrected chi connectivity index (χ4v) is 3.49. The van der Waals surface area contributed by atoms with Gasteiger partial charge in [0.2, 0.25) is 0 Å². The third-order valence-electron chi connectivity index (χ3n) is 4.44. The van der Waals surface area contributed by atoms with Gasteiger partial charge in [-0.15, -0.1) is 0 Å². The summed E-state index contributed by atoms with van der Waals surface area (Å²) in [6.07, 6.45) is 5.36. The van der Waals surface area contributed by atoms with E-state index in [1.807, 2.05) is 7.05 Å². The zero-order valence-electron chi connectivity index (χ0n) is 13.6. The Bertz CT molecular complexity index is 329. The minimum atomic E-state index is 0.212. The van der Waals surface area contributed by atoms with Crippen molar-refractivity contribution in [2.24, 2.45) is 16.3 Å². The van der Waals surface area contributed by atoms with E-state index in [1.165, 1.54) is 25.7 Å². The molecule has 0 aromatic carbocycles. The second-order valence-corrected chi connectivity index (χ2v) is 7.18. The van der Waals surface area contributed by atoms with Crippen molar-refractivity contribution in [2.45, 2.75) is 52.6 Å². The van der Waals surface area contributed by atoms with Crippen LogP contribution in [-0.4, -0.2) is 50.3 Å². The van der Waals surface area contributed by atoms with E-state index in [0.29, 0.717) is 12.0 Å². The van der Waals surface area contributed by atoms with E-state index < -0.39 is 0 Å². The van der Waals surface area contributed by atoms with Gasteiger partial charge in [0.15, 0.2) is 5.96 Å². The monoisotopic (exact) mass is 281 g/mol. The second-order valence-electron chi connectivity index (χ2n) is 7.18. The minimum absolute atomic E-state index is 0.212. The molecule has 0 aromatic rings. The van der Waals surface area contributed by atoms with Gasteiger partial charge in [0.05, 0.1) is 6.10 Å². The van der Waals surface area contributed by atoms with Crippen molar-refractivity contribution >= 4 is 5.96 Å². The molecule has 2 saturated heterocycles. The van der Waals surface area contributed by atoms with E-state index in [9.17, 15) is 0 Å². The molecule has 116 valence electrons. The topological polar surface area (TPSA) is 36.9 Å². The first kappa shape index (κ1) is 15.6. The molecule has 0 saturated carbocycles. The molecule has 4 heteroatoms. The summed E-state index contributed by atoms with van der Waals surface area (Å²) in [5.41, 5.74) is 0.212. The molecule has 2 aliphatic heterocycles. The van der Waals surface area contributed by atoms with E-state index in [1.54, 1.807) is 0 Å². The first-order chi connectivity index (χ1) is 9.52. The molecule has 0 radical (unpaired) electrons. The Hall–Kier alpha value is -0.770. The Kier molecular flexibility index (Phi) is 5.30. The number of rotatable bonds is 2. The molecule has 2 unspecified atom stereocenters. The van der Waals surface area contributed by atoms with Crippen molar-refractivity contribution in [3.05, 3.63) is 0 Å². The third-order valence-corrected chi connectivity index (χ3v) is 4.44. The summed E-state index contributed by atoms with van der Waals surface area (Å²) in [6, 6.07) is 0. The number of hydrogen-bond acceptors (Lipinski definition) is 2. The lowest BCUT2D eigenvalue weighted by atomic mass is 9.78. The van der Waals surface area contributed by atoms with Crippen LogP contribution in [0.1, 0.15) is 46.5 Å². The van der Waals surface area contributed by atoms with Crippen molar-refractivity contribution in [2.75, 3.05) is 33.3 Å². The standard InChI is InChI=1S/C16H31N3O/c1-16(2,3)14-13(8-7-11-20-14)12-18-15(17-4)19-9-5-6-10-19/h13-14H,5-12H2,1-4H3,(H,17,18). The summed E-state index contributed by atoms with van der Waals surface area (Å²) >= 11 is 0. The van der Waals surface area contributed by atoms with E-state index >= 15 is 0 Å². The van der Waals surface area contributed by atoms with Crippen LogP contribution in [0.4, 0.5) is 0 Å². The zero-order chi connectivity index (χ0) is 14.6. The SMILES string of the molecule is CN=C(NCC1CCCOC1C(C)(C)C)N1CCCC1. The van der Waals surface area contributed by atoms with E-state index in [2.05, 4.69) is 36.0 Å². The van der Waals surface area contributed by atoms with E-state index in [4.69, 9.17) is 4.74 Å². The summed E-state index contributed by atoms with van der Waals surface area (Å²) in [5.74, 6) is 1.66. The van der Waals surface area contributed by atoms with Crippen LogP contribution in [0.5, 0.6) is 0 Å². The predicted molar refractivity (Wildman–Crippen MR) is 84.1 cm³/mol. The fourth-order valence-electron chi connectivity index (χ4n) is 3.49. The fraction of sp³-hybridized carbons (Fsp3) is 0.938. The molecule has 2 fully saturated rings. The maximum atomic E-state index is 6.05. The van der Waals surface area contributed by atoms with Crippen LogP contribution < -0.4 is 5.32 Å². The van der Waals surface area contributed by atoms with Gasteiger partial charge in [-0.1, -0.05) is 20.8 Å². The maximum Gasteiger partial charge on any atom is 0.193 e. The average molecular weight is 281 g/mol. The van der Waals surface area contributed by atoms with E-state index in [0.717, 1.165) is 32.2 Å². The smallest absolute Gasteiger partial charge is 0.193 e. The quantitative estimate of drug-likeness (QED) is 0.624. The summed E-state index contributed by atoms with van der Waals surface area (Å²) < 4.78 is 6.05. The number of likely N-dealkylation sites (tertiary alicyclic amines) is 1. The third kappa shape index (κ3) is 3.87. The zero-order valence-corrected chi connectivity index (χ0v) is 13.6. The molecule has 4 nitrogen and oxygen atoms in total. The summed E-state index contributed by atoms with van der Waals surface area (Å²) in [6.45, 7) is 11.0. The molecule has 2 rings (SSSR count). The van der Waals surface area contributed by atoms with Gasteiger partial charge in [-0.05, 0) is 31.1 Å². The number of nitrogens with zero attached hydrogens (tertiary/aromatic N) is 2. The van der Waals surface area contributed by atoms with Crippen LogP contribution in [-0.2, 0) is 4.74 Å². The number of nitrogens with one attached hydrogen (secondary N) is 1.